The average Bonchev–Trinajstić information content (AvgIpc) is 2.33. The maximum atomic E-state index is 13.4. The molecule has 0 spiro atoms. The molecule has 0 radical (unpaired) electrons. The molecule has 2 N–H and O–H groups in total. The van der Waals surface area contributed by atoms with Gasteiger partial charge >= 0.3 is 0 Å². The highest BCUT2D eigenvalue weighted by Crippen LogP contribution is 2.24. The van der Waals surface area contributed by atoms with Gasteiger partial charge < -0.3 is 5.73 Å². The van der Waals surface area contributed by atoms with Gasteiger partial charge in [-0.15, -0.1) is 0 Å². The van der Waals surface area contributed by atoms with E-state index in [2.05, 4.69) is 0 Å². The Morgan fingerprint density at radius 2 is 1.89 bits per heavy atom. The van der Waals surface area contributed by atoms with Crippen LogP contribution < -0.4 is 5.73 Å². The van der Waals surface area contributed by atoms with Gasteiger partial charge in [0.25, 0.3) is 0 Å². The zero-order valence-corrected chi connectivity index (χ0v) is 12.0. The van der Waals surface area contributed by atoms with E-state index in [-0.39, 0.29) is 11.1 Å². The molecular weight excluding hydrogens is 284 g/mol. The summed E-state index contributed by atoms with van der Waals surface area (Å²) in [5, 5.41) is 0.811. The third kappa shape index (κ3) is 3.47. The molecule has 0 saturated carbocycles. The molecule has 1 nitrogen and oxygen atoms in total. The molecule has 2 aromatic carbocycles. The third-order valence-corrected chi connectivity index (χ3v) is 3.61. The van der Waals surface area contributed by atoms with E-state index in [1.54, 1.807) is 12.1 Å². The zero-order chi connectivity index (χ0) is 14.0. The van der Waals surface area contributed by atoms with Crippen molar-refractivity contribution in [2.75, 3.05) is 0 Å². The summed E-state index contributed by atoms with van der Waals surface area (Å²) in [6.45, 7) is 1.96. The van der Waals surface area contributed by atoms with Crippen LogP contribution in [0.1, 0.15) is 22.7 Å². The Labute approximate surface area is 122 Å². The Morgan fingerprint density at radius 1 is 1.16 bits per heavy atom. The molecule has 0 fully saturated rings. The average molecular weight is 298 g/mol. The maximum absolute atomic E-state index is 13.4. The van der Waals surface area contributed by atoms with Crippen LogP contribution in [0, 0.1) is 12.7 Å². The van der Waals surface area contributed by atoms with Crippen molar-refractivity contribution in [1.29, 1.82) is 0 Å². The van der Waals surface area contributed by atoms with E-state index in [0.717, 1.165) is 16.7 Å². The first kappa shape index (κ1) is 14.3. The van der Waals surface area contributed by atoms with Gasteiger partial charge in [-0.05, 0) is 54.3 Å². The van der Waals surface area contributed by atoms with Crippen molar-refractivity contribution in [3.63, 3.8) is 0 Å². The maximum Gasteiger partial charge on any atom is 0.142 e. The number of halogens is 3. The molecule has 0 heterocycles. The predicted molar refractivity (Wildman–Crippen MR) is 78.2 cm³/mol. The lowest BCUT2D eigenvalue weighted by molar-refractivity contribution is 0.622. The van der Waals surface area contributed by atoms with Crippen LogP contribution in [0.5, 0.6) is 0 Å². The van der Waals surface area contributed by atoms with E-state index in [0.29, 0.717) is 11.4 Å². The van der Waals surface area contributed by atoms with Gasteiger partial charge in [0.15, 0.2) is 0 Å². The Hall–Kier alpha value is -1.09. The van der Waals surface area contributed by atoms with E-state index in [9.17, 15) is 4.39 Å². The first-order valence-electron chi connectivity index (χ1n) is 5.93. The van der Waals surface area contributed by atoms with Crippen LogP contribution in [-0.4, -0.2) is 0 Å². The molecule has 2 aromatic rings. The number of rotatable bonds is 3. The van der Waals surface area contributed by atoms with Crippen molar-refractivity contribution in [3.8, 4) is 0 Å². The van der Waals surface area contributed by atoms with Crippen LogP contribution in [0.15, 0.2) is 36.4 Å². The van der Waals surface area contributed by atoms with Crippen LogP contribution in [0.2, 0.25) is 10.0 Å². The molecule has 4 heteroatoms. The fourth-order valence-electron chi connectivity index (χ4n) is 2.09. The van der Waals surface area contributed by atoms with Gasteiger partial charge in [0.05, 0.1) is 5.02 Å². The number of hydrogen-bond donors (Lipinski definition) is 1. The van der Waals surface area contributed by atoms with Gasteiger partial charge in [-0.3, -0.25) is 0 Å². The minimum atomic E-state index is -0.417. The molecule has 2 rings (SSSR count). The van der Waals surface area contributed by atoms with Gasteiger partial charge in [0.1, 0.15) is 5.82 Å². The van der Waals surface area contributed by atoms with Gasteiger partial charge in [-0.2, -0.15) is 0 Å². The summed E-state index contributed by atoms with van der Waals surface area (Å²) in [6.07, 6.45) is 0.552. The molecule has 19 heavy (non-hydrogen) atoms. The van der Waals surface area contributed by atoms with Gasteiger partial charge in [-0.25, -0.2) is 4.39 Å². The summed E-state index contributed by atoms with van der Waals surface area (Å²) >= 11 is 11.6. The van der Waals surface area contributed by atoms with Gasteiger partial charge in [-0.1, -0.05) is 35.3 Å². The minimum absolute atomic E-state index is 0.125. The van der Waals surface area contributed by atoms with E-state index in [4.69, 9.17) is 28.9 Å². The van der Waals surface area contributed by atoms with Gasteiger partial charge in [0, 0.05) is 11.1 Å². The fourth-order valence-corrected chi connectivity index (χ4v) is 2.43. The first-order valence-corrected chi connectivity index (χ1v) is 6.68. The van der Waals surface area contributed by atoms with Crippen molar-refractivity contribution >= 4 is 23.2 Å². The molecule has 0 aliphatic heterocycles. The van der Waals surface area contributed by atoms with Gasteiger partial charge in [0.2, 0.25) is 0 Å². The Bertz CT molecular complexity index is 599. The lowest BCUT2D eigenvalue weighted by Crippen LogP contribution is -2.14. The highest BCUT2D eigenvalue weighted by Gasteiger charge is 2.11. The minimum Gasteiger partial charge on any atom is -0.324 e. The van der Waals surface area contributed by atoms with E-state index < -0.39 is 5.82 Å². The largest absolute Gasteiger partial charge is 0.324 e. The molecule has 0 bridgehead atoms. The predicted octanol–water partition coefficient (Wildman–Crippen LogP) is 4.68. The number of benzene rings is 2. The van der Waals surface area contributed by atoms with E-state index in [1.165, 1.54) is 6.07 Å². The summed E-state index contributed by atoms with van der Waals surface area (Å²) in [7, 11) is 0. The van der Waals surface area contributed by atoms with Crippen LogP contribution in [0.4, 0.5) is 4.39 Å². The van der Waals surface area contributed by atoms with Crippen LogP contribution in [-0.2, 0) is 6.42 Å². The highest BCUT2D eigenvalue weighted by molar-refractivity contribution is 6.31. The summed E-state index contributed by atoms with van der Waals surface area (Å²) in [5.74, 6) is -0.417. The second-order valence-corrected chi connectivity index (χ2v) is 5.40. The number of nitrogens with two attached hydrogens (primary N) is 1. The summed E-state index contributed by atoms with van der Waals surface area (Å²) in [6, 6.07) is 10.2. The molecule has 1 unspecified atom stereocenters. The monoisotopic (exact) mass is 297 g/mol. The zero-order valence-electron chi connectivity index (χ0n) is 10.5. The summed E-state index contributed by atoms with van der Waals surface area (Å²) < 4.78 is 13.4. The van der Waals surface area contributed by atoms with Crippen LogP contribution in [0.3, 0.4) is 0 Å². The Kier molecular flexibility index (Phi) is 4.46. The van der Waals surface area contributed by atoms with E-state index >= 15 is 0 Å². The standard InChI is InChI=1S/C15H14Cl2FN/c1-9-6-11(16)3-4-12(9)15(19)8-10-2-5-13(17)14(18)7-10/h2-7,15H,8,19H2,1H3. The van der Waals surface area contributed by atoms with Crippen molar-refractivity contribution in [2.45, 2.75) is 19.4 Å². The Morgan fingerprint density at radius 3 is 2.53 bits per heavy atom. The molecule has 0 amide bonds. The SMILES string of the molecule is Cc1cc(Cl)ccc1C(N)Cc1ccc(Cl)c(F)c1. The quantitative estimate of drug-likeness (QED) is 0.874. The molecule has 0 aliphatic carbocycles. The molecule has 100 valence electrons. The number of aryl methyl sites for hydroxylation is 1. The second-order valence-electron chi connectivity index (χ2n) is 4.56. The summed E-state index contributed by atoms with van der Waals surface area (Å²) in [5.41, 5.74) is 9.04. The molecule has 0 aliphatic rings. The fraction of sp³-hybridized carbons (Fsp3) is 0.200. The number of hydrogen-bond acceptors (Lipinski definition) is 1. The second kappa shape index (κ2) is 5.91. The highest BCUT2D eigenvalue weighted by atomic mass is 35.5. The normalized spacial score (nSPS) is 12.5. The lowest BCUT2D eigenvalue weighted by atomic mass is 9.96. The third-order valence-electron chi connectivity index (χ3n) is 3.07. The molecule has 0 aromatic heterocycles. The van der Waals surface area contributed by atoms with E-state index in [1.807, 2.05) is 25.1 Å². The lowest BCUT2D eigenvalue weighted by Gasteiger charge is -2.15. The molecular formula is C15H14Cl2FN. The van der Waals surface area contributed by atoms with Crippen molar-refractivity contribution < 1.29 is 4.39 Å². The summed E-state index contributed by atoms with van der Waals surface area (Å²) in [4.78, 5) is 0. The van der Waals surface area contributed by atoms with Crippen molar-refractivity contribution in [3.05, 3.63) is 69.0 Å². The van der Waals surface area contributed by atoms with Crippen LogP contribution >= 0.6 is 23.2 Å². The Balaban J connectivity index is 2.20. The van der Waals surface area contributed by atoms with Crippen molar-refractivity contribution in [2.24, 2.45) is 5.73 Å². The smallest absolute Gasteiger partial charge is 0.142 e. The molecule has 1 atom stereocenters. The molecule has 0 saturated heterocycles. The first-order chi connectivity index (χ1) is 8.97. The topological polar surface area (TPSA) is 26.0 Å². The van der Waals surface area contributed by atoms with Crippen molar-refractivity contribution in [1.82, 2.24) is 0 Å². The van der Waals surface area contributed by atoms with Crippen LogP contribution in [0.25, 0.3) is 0 Å².